The summed E-state index contributed by atoms with van der Waals surface area (Å²) in [4.78, 5) is 4.93. The molecule has 80 heavy (non-hydrogen) atoms. The van der Waals surface area contributed by atoms with Crippen molar-refractivity contribution in [3.8, 4) is 33.4 Å². The number of anilines is 2. The minimum Gasteiger partial charge on any atom is -0.334 e. The standard InChI is InChI=1S/C39H36NP.C38H37N/c1-5-13-30(14-6-2)34-25-35(31-16-9-8-10-17-31)27-37(26-34)40(39(7-3)38-18-12-11-15-29(38)4)36-21-19-32(20-22-36)33-23-24-41-28-33;1-3-5-7-9-12-16-30-20-22-35(23-21-30)39-36-24-25-38(39)37(29-36)34-27-31(17-13-10-8-6-4-2)26-33(28-34)32-18-14-11-15-19-32/h5-28,41H,1H2,2-4H3;3-15,18-20,22-23,25-30,36H,1-2,16-17,21,24H2/b14-6-,30-13+,39-7+;7-5-,8-6-,12-9-,13-10-. The minimum atomic E-state index is 0.402. The second-order valence-electron chi connectivity index (χ2n) is 20.1. The van der Waals surface area contributed by atoms with E-state index in [1.54, 1.807) is 12.2 Å². The zero-order valence-electron chi connectivity index (χ0n) is 46.6. The molecule has 3 aliphatic rings. The zero-order chi connectivity index (χ0) is 55.5. The second-order valence-corrected chi connectivity index (χ2v) is 21.1. The second kappa shape index (κ2) is 28.1. The highest BCUT2D eigenvalue weighted by Crippen LogP contribution is 2.46. The maximum absolute atomic E-state index is 3.99. The van der Waals surface area contributed by atoms with Crippen molar-refractivity contribution >= 4 is 36.4 Å². The molecule has 3 unspecified atom stereocenters. The summed E-state index contributed by atoms with van der Waals surface area (Å²) in [6, 6.07) is 55.5. The number of aryl methyl sites for hydroxylation is 1. The van der Waals surface area contributed by atoms with Gasteiger partial charge in [0.15, 0.2) is 0 Å². The molecule has 0 spiro atoms. The molecule has 2 bridgehead atoms. The Hall–Kier alpha value is -8.94. The van der Waals surface area contributed by atoms with E-state index in [9.17, 15) is 0 Å². The minimum absolute atomic E-state index is 0.402. The lowest BCUT2D eigenvalue weighted by Gasteiger charge is -2.30. The van der Waals surface area contributed by atoms with E-state index in [0.717, 1.165) is 62.1 Å². The largest absolute Gasteiger partial charge is 0.334 e. The van der Waals surface area contributed by atoms with E-state index in [1.165, 1.54) is 72.6 Å². The van der Waals surface area contributed by atoms with Crippen molar-refractivity contribution in [1.29, 1.82) is 0 Å². The maximum atomic E-state index is 3.99. The van der Waals surface area contributed by atoms with E-state index in [1.807, 2.05) is 30.4 Å². The Kier molecular flexibility index (Phi) is 19.6. The Bertz CT molecular complexity index is 3620. The summed E-state index contributed by atoms with van der Waals surface area (Å²) < 4.78 is 0. The van der Waals surface area contributed by atoms with Crippen molar-refractivity contribution < 1.29 is 0 Å². The SMILES string of the molecule is C=C/C=C(\C=C/C)c1cc(-c2ccccc2)cc(N(/C(=C/C)c2ccccc2C)c2ccc(-c3cc[pH]c3)cc2)c1.C=C/C=C\C=C/Cc1cc(C2=CC3CC=C2N3C2=CCC(C/C=C\C=C/C=C)C=C2)cc(-c2ccccc2)c1. The van der Waals surface area contributed by atoms with Gasteiger partial charge in [0.1, 0.15) is 0 Å². The average molecular weight is 1060 g/mol. The number of hydrogen-bond acceptors (Lipinski definition) is 2. The van der Waals surface area contributed by atoms with Crippen molar-refractivity contribution in [3.05, 3.63) is 344 Å². The number of nitrogens with zero attached hydrogens (tertiary/aromatic N) is 2. The van der Waals surface area contributed by atoms with Gasteiger partial charge in [-0.15, -0.1) is 8.19 Å². The van der Waals surface area contributed by atoms with Gasteiger partial charge in [0.2, 0.25) is 0 Å². The molecule has 396 valence electrons. The number of allylic oxidation sites excluding steroid dienone is 20. The van der Waals surface area contributed by atoms with E-state index in [4.69, 9.17) is 0 Å². The molecule has 3 atom stereocenters. The molecule has 2 aliphatic heterocycles. The fourth-order valence-corrected chi connectivity index (χ4v) is 11.6. The molecule has 0 N–H and O–H groups in total. The lowest BCUT2D eigenvalue weighted by Crippen LogP contribution is -2.24. The van der Waals surface area contributed by atoms with Gasteiger partial charge in [-0.05, 0) is 168 Å². The molecule has 3 heteroatoms. The summed E-state index contributed by atoms with van der Waals surface area (Å²) in [5, 5.41) is 0. The quantitative estimate of drug-likeness (QED) is 0.0702. The van der Waals surface area contributed by atoms with Crippen LogP contribution >= 0.6 is 8.19 Å². The van der Waals surface area contributed by atoms with Crippen molar-refractivity contribution in [2.24, 2.45) is 5.92 Å². The van der Waals surface area contributed by atoms with E-state index >= 15 is 0 Å². The summed E-state index contributed by atoms with van der Waals surface area (Å²) >= 11 is 0. The first-order valence-electron chi connectivity index (χ1n) is 28.0. The highest BCUT2D eigenvalue weighted by atomic mass is 31.0. The van der Waals surface area contributed by atoms with Crippen LogP contribution in [0.5, 0.6) is 0 Å². The van der Waals surface area contributed by atoms with Crippen molar-refractivity contribution in [2.45, 2.75) is 52.5 Å². The Morgan fingerprint density at radius 3 is 1.96 bits per heavy atom. The van der Waals surface area contributed by atoms with Crippen LogP contribution in [0.1, 0.15) is 60.9 Å². The fourth-order valence-electron chi connectivity index (χ4n) is 10.8. The molecule has 0 fully saturated rings. The molecule has 7 aromatic rings. The molecule has 0 radical (unpaired) electrons. The van der Waals surface area contributed by atoms with Gasteiger partial charge in [0.25, 0.3) is 0 Å². The maximum Gasteiger partial charge on any atom is 0.0567 e. The fraction of sp³-hybridized carbons (Fsp3) is 0.117. The number of rotatable bonds is 20. The highest BCUT2D eigenvalue weighted by Gasteiger charge is 2.36. The third kappa shape index (κ3) is 13.8. The Labute approximate surface area is 479 Å². The molecular formula is C77H73N2P. The van der Waals surface area contributed by atoms with Crippen molar-refractivity contribution in [1.82, 2.24) is 4.90 Å². The highest BCUT2D eigenvalue weighted by molar-refractivity contribution is 7.28. The summed E-state index contributed by atoms with van der Waals surface area (Å²) in [6.45, 7) is 17.8. The van der Waals surface area contributed by atoms with Crippen LogP contribution in [0.25, 0.3) is 50.2 Å². The van der Waals surface area contributed by atoms with Gasteiger partial charge in [-0.2, -0.15) is 0 Å². The van der Waals surface area contributed by atoms with E-state index < -0.39 is 0 Å². The van der Waals surface area contributed by atoms with Crippen LogP contribution in [-0.2, 0) is 6.42 Å². The van der Waals surface area contributed by atoms with Crippen LogP contribution in [0.3, 0.4) is 0 Å². The molecule has 2 nitrogen and oxygen atoms in total. The summed E-state index contributed by atoms with van der Waals surface area (Å²) in [5.74, 6) is 5.10. The summed E-state index contributed by atoms with van der Waals surface area (Å²) in [6.07, 6.45) is 46.8. The average Bonchev–Trinajstić information content (AvgIpc) is 4.40. The van der Waals surface area contributed by atoms with Crippen LogP contribution in [0.2, 0.25) is 0 Å². The topological polar surface area (TPSA) is 6.48 Å². The van der Waals surface area contributed by atoms with Gasteiger partial charge in [-0.25, -0.2) is 0 Å². The molecule has 6 aromatic carbocycles. The van der Waals surface area contributed by atoms with E-state index in [-0.39, 0.29) is 0 Å². The number of hydrogen-bond donors (Lipinski definition) is 0. The van der Waals surface area contributed by atoms with Crippen LogP contribution < -0.4 is 4.90 Å². The molecule has 0 saturated carbocycles. The predicted octanol–water partition coefficient (Wildman–Crippen LogP) is 21.4. The van der Waals surface area contributed by atoms with E-state index in [2.05, 4.69) is 293 Å². The molecule has 0 amide bonds. The van der Waals surface area contributed by atoms with E-state index in [0.29, 0.717) is 12.0 Å². The normalized spacial score (nSPS) is 16.2. The third-order valence-corrected chi connectivity index (χ3v) is 15.5. The lowest BCUT2D eigenvalue weighted by atomic mass is 9.92. The molecule has 1 aromatic heterocycles. The van der Waals surface area contributed by atoms with Gasteiger partial charge >= 0.3 is 0 Å². The van der Waals surface area contributed by atoms with Gasteiger partial charge in [0, 0.05) is 39.6 Å². The Morgan fingerprint density at radius 2 is 1.31 bits per heavy atom. The van der Waals surface area contributed by atoms with Gasteiger partial charge < -0.3 is 9.80 Å². The molecular weight excluding hydrogens is 984 g/mol. The number of benzene rings is 6. The molecule has 1 aliphatic carbocycles. The molecule has 3 heterocycles. The Morgan fingerprint density at radius 1 is 0.625 bits per heavy atom. The smallest absolute Gasteiger partial charge is 0.0567 e. The summed E-state index contributed by atoms with van der Waals surface area (Å²) in [5.41, 5.74) is 22.2. The first kappa shape index (κ1) is 55.8. The Balaban J connectivity index is 0.000000194. The van der Waals surface area contributed by atoms with Crippen LogP contribution in [0.15, 0.2) is 316 Å². The monoisotopic (exact) mass is 1060 g/mol. The zero-order valence-corrected chi connectivity index (χ0v) is 47.6. The van der Waals surface area contributed by atoms with Gasteiger partial charge in [0.05, 0.1) is 6.04 Å². The van der Waals surface area contributed by atoms with Gasteiger partial charge in [-0.1, -0.05) is 250 Å². The predicted molar refractivity (Wildman–Crippen MR) is 352 cm³/mol. The van der Waals surface area contributed by atoms with Crippen LogP contribution in [-0.4, -0.2) is 10.9 Å². The number of fused-ring (bicyclic) bond motifs is 2. The third-order valence-electron chi connectivity index (χ3n) is 14.7. The van der Waals surface area contributed by atoms with Crippen molar-refractivity contribution in [2.75, 3.05) is 4.90 Å². The summed E-state index contributed by atoms with van der Waals surface area (Å²) in [7, 11) is 0.760. The lowest BCUT2D eigenvalue weighted by molar-refractivity contribution is 0.429. The first-order chi connectivity index (χ1) is 39.4. The van der Waals surface area contributed by atoms with Crippen LogP contribution in [0, 0.1) is 12.8 Å². The van der Waals surface area contributed by atoms with Crippen LogP contribution in [0.4, 0.5) is 11.4 Å². The molecule has 10 rings (SSSR count). The first-order valence-corrected chi connectivity index (χ1v) is 29.1. The van der Waals surface area contributed by atoms with Crippen molar-refractivity contribution in [3.63, 3.8) is 0 Å². The molecule has 0 saturated heterocycles. The van der Waals surface area contributed by atoms with Gasteiger partial charge in [-0.3, -0.25) is 0 Å².